The Morgan fingerprint density at radius 1 is 1.12 bits per heavy atom. The molecule has 4 rings (SSSR count). The van der Waals surface area contributed by atoms with Crippen LogP contribution in [0.2, 0.25) is 0 Å². The van der Waals surface area contributed by atoms with Gasteiger partial charge < -0.3 is 14.2 Å². The summed E-state index contributed by atoms with van der Waals surface area (Å²) in [6, 6.07) is 8.88. The molecule has 25 heavy (non-hydrogen) atoms. The van der Waals surface area contributed by atoms with Crippen LogP contribution in [-0.2, 0) is 4.79 Å². The Kier molecular flexibility index (Phi) is 4.37. The zero-order valence-corrected chi connectivity index (χ0v) is 15.0. The normalized spacial score (nSPS) is 23.0. The molecule has 6 nitrogen and oxygen atoms in total. The topological polar surface area (TPSA) is 52.8 Å². The number of para-hydroxylation sites is 2. The average molecular weight is 342 g/mol. The van der Waals surface area contributed by atoms with Gasteiger partial charge in [0.25, 0.3) is 6.01 Å². The fraction of sp³-hybridized carbons (Fsp3) is 0.579. The third-order valence-electron chi connectivity index (χ3n) is 5.38. The molecule has 134 valence electrons. The van der Waals surface area contributed by atoms with Crippen molar-refractivity contribution in [3.8, 4) is 0 Å². The van der Waals surface area contributed by atoms with Crippen molar-refractivity contribution in [1.29, 1.82) is 0 Å². The third kappa shape index (κ3) is 3.11. The number of oxazole rings is 1. The lowest BCUT2D eigenvalue weighted by atomic mass is 10.0. The number of benzene rings is 1. The Balaban J connectivity index is 1.41. The van der Waals surface area contributed by atoms with E-state index in [4.69, 9.17) is 4.42 Å². The van der Waals surface area contributed by atoms with Crippen molar-refractivity contribution in [3.63, 3.8) is 0 Å². The van der Waals surface area contributed by atoms with E-state index in [9.17, 15) is 4.79 Å². The van der Waals surface area contributed by atoms with Crippen molar-refractivity contribution in [1.82, 2.24) is 14.8 Å². The highest BCUT2D eigenvalue weighted by Crippen LogP contribution is 2.25. The first-order chi connectivity index (χ1) is 12.1. The SMILES string of the molecule is CC(C)N1CCCC(N2CCN(c3nc4ccccc4o3)CC2)C1=O. The molecule has 1 amide bonds. The van der Waals surface area contributed by atoms with Gasteiger partial charge in [-0.3, -0.25) is 9.69 Å². The maximum absolute atomic E-state index is 12.8. The Morgan fingerprint density at radius 2 is 1.88 bits per heavy atom. The number of likely N-dealkylation sites (tertiary alicyclic amines) is 1. The van der Waals surface area contributed by atoms with Crippen molar-refractivity contribution < 1.29 is 9.21 Å². The maximum Gasteiger partial charge on any atom is 0.298 e. The van der Waals surface area contributed by atoms with E-state index in [2.05, 4.69) is 28.6 Å². The second-order valence-corrected chi connectivity index (χ2v) is 7.27. The van der Waals surface area contributed by atoms with Crippen LogP contribution in [0.5, 0.6) is 0 Å². The molecule has 2 fully saturated rings. The van der Waals surface area contributed by atoms with Crippen LogP contribution >= 0.6 is 0 Å². The number of anilines is 1. The first-order valence-electron chi connectivity index (χ1n) is 9.28. The molecule has 1 unspecified atom stereocenters. The van der Waals surface area contributed by atoms with Gasteiger partial charge in [-0.25, -0.2) is 0 Å². The standard InChI is InChI=1S/C19H26N4O2/c1-14(2)23-9-5-7-16(18(23)24)21-10-12-22(13-11-21)19-20-15-6-3-4-8-17(15)25-19/h3-4,6,8,14,16H,5,7,9-13H2,1-2H3. The molecule has 6 heteroatoms. The summed E-state index contributed by atoms with van der Waals surface area (Å²) in [7, 11) is 0. The summed E-state index contributed by atoms with van der Waals surface area (Å²) in [5.74, 6) is 0.302. The second kappa shape index (κ2) is 6.67. The van der Waals surface area contributed by atoms with Gasteiger partial charge >= 0.3 is 0 Å². The van der Waals surface area contributed by atoms with Gasteiger partial charge in [-0.2, -0.15) is 4.98 Å². The Bertz CT molecular complexity index is 716. The van der Waals surface area contributed by atoms with E-state index in [0.29, 0.717) is 11.9 Å². The lowest BCUT2D eigenvalue weighted by molar-refractivity contribution is -0.142. The van der Waals surface area contributed by atoms with Crippen LogP contribution in [0.15, 0.2) is 28.7 Å². The van der Waals surface area contributed by atoms with E-state index >= 15 is 0 Å². The molecule has 0 bridgehead atoms. The predicted octanol–water partition coefficient (Wildman–Crippen LogP) is 2.35. The highest BCUT2D eigenvalue weighted by molar-refractivity contribution is 5.83. The summed E-state index contributed by atoms with van der Waals surface area (Å²) in [6.07, 6.45) is 2.07. The lowest BCUT2D eigenvalue weighted by Crippen LogP contribution is -2.58. The number of carbonyl (C=O) groups is 1. The minimum absolute atomic E-state index is 0.0435. The molecule has 1 aromatic heterocycles. The van der Waals surface area contributed by atoms with Gasteiger partial charge in [0, 0.05) is 38.8 Å². The summed E-state index contributed by atoms with van der Waals surface area (Å²) in [5, 5.41) is 0. The average Bonchev–Trinajstić information content (AvgIpc) is 3.06. The van der Waals surface area contributed by atoms with Crippen LogP contribution in [0.3, 0.4) is 0 Å². The highest BCUT2D eigenvalue weighted by Gasteiger charge is 2.36. The van der Waals surface area contributed by atoms with Crippen molar-refractivity contribution in [2.45, 2.75) is 38.8 Å². The molecule has 0 aliphatic carbocycles. The first-order valence-corrected chi connectivity index (χ1v) is 9.28. The summed E-state index contributed by atoms with van der Waals surface area (Å²) in [6.45, 7) is 8.55. The largest absolute Gasteiger partial charge is 0.423 e. The summed E-state index contributed by atoms with van der Waals surface area (Å²) >= 11 is 0. The summed E-state index contributed by atoms with van der Waals surface area (Å²) in [5.41, 5.74) is 1.73. The first kappa shape index (κ1) is 16.4. The van der Waals surface area contributed by atoms with Gasteiger partial charge in [-0.15, -0.1) is 0 Å². The van der Waals surface area contributed by atoms with Crippen LogP contribution in [0.25, 0.3) is 11.1 Å². The molecular weight excluding hydrogens is 316 g/mol. The van der Waals surface area contributed by atoms with Crippen LogP contribution in [0, 0.1) is 0 Å². The van der Waals surface area contributed by atoms with Crippen molar-refractivity contribution >= 4 is 23.0 Å². The second-order valence-electron chi connectivity index (χ2n) is 7.27. The predicted molar refractivity (Wildman–Crippen MR) is 97.7 cm³/mol. The molecule has 1 aromatic carbocycles. The fourth-order valence-electron chi connectivity index (χ4n) is 3.95. The molecule has 2 aromatic rings. The Hall–Kier alpha value is -2.08. The number of nitrogens with zero attached hydrogens (tertiary/aromatic N) is 4. The number of carbonyl (C=O) groups excluding carboxylic acids is 1. The van der Waals surface area contributed by atoms with Gasteiger partial charge in [0.2, 0.25) is 5.91 Å². The van der Waals surface area contributed by atoms with Crippen LogP contribution < -0.4 is 4.90 Å². The van der Waals surface area contributed by atoms with Crippen molar-refractivity contribution in [2.24, 2.45) is 0 Å². The number of rotatable bonds is 3. The molecule has 2 aliphatic rings. The number of amides is 1. The van der Waals surface area contributed by atoms with E-state index in [1.165, 1.54) is 0 Å². The van der Waals surface area contributed by atoms with Crippen molar-refractivity contribution in [3.05, 3.63) is 24.3 Å². The van der Waals surface area contributed by atoms with Crippen LogP contribution in [0.1, 0.15) is 26.7 Å². The lowest BCUT2D eigenvalue weighted by Gasteiger charge is -2.43. The monoisotopic (exact) mass is 342 g/mol. The van der Waals surface area contributed by atoms with Crippen LogP contribution in [0.4, 0.5) is 6.01 Å². The summed E-state index contributed by atoms with van der Waals surface area (Å²) < 4.78 is 5.88. The van der Waals surface area contributed by atoms with E-state index < -0.39 is 0 Å². The molecule has 0 N–H and O–H groups in total. The minimum Gasteiger partial charge on any atom is -0.423 e. The maximum atomic E-state index is 12.8. The quantitative estimate of drug-likeness (QED) is 0.857. The third-order valence-corrected chi connectivity index (χ3v) is 5.38. The van der Waals surface area contributed by atoms with Gasteiger partial charge in [-0.1, -0.05) is 12.1 Å². The zero-order valence-electron chi connectivity index (χ0n) is 15.0. The number of fused-ring (bicyclic) bond motifs is 1. The molecule has 2 saturated heterocycles. The van der Waals surface area contributed by atoms with Gasteiger partial charge in [-0.05, 0) is 38.8 Å². The Labute approximate surface area is 148 Å². The molecule has 1 atom stereocenters. The molecular formula is C19H26N4O2. The number of hydrogen-bond acceptors (Lipinski definition) is 5. The number of piperazine rings is 1. The number of piperidine rings is 1. The Morgan fingerprint density at radius 3 is 2.60 bits per heavy atom. The zero-order chi connectivity index (χ0) is 17.4. The molecule has 0 saturated carbocycles. The highest BCUT2D eigenvalue weighted by atomic mass is 16.4. The molecule has 0 spiro atoms. The van der Waals surface area contributed by atoms with Crippen molar-refractivity contribution in [2.75, 3.05) is 37.6 Å². The van der Waals surface area contributed by atoms with Gasteiger partial charge in [0.1, 0.15) is 5.52 Å². The van der Waals surface area contributed by atoms with Crippen LogP contribution in [-0.4, -0.2) is 65.5 Å². The number of hydrogen-bond donors (Lipinski definition) is 0. The van der Waals surface area contributed by atoms with E-state index in [1.807, 2.05) is 29.2 Å². The van der Waals surface area contributed by atoms with Gasteiger partial charge in [0.05, 0.1) is 6.04 Å². The van der Waals surface area contributed by atoms with E-state index in [0.717, 1.165) is 56.7 Å². The minimum atomic E-state index is 0.0435. The molecule has 0 radical (unpaired) electrons. The molecule has 2 aliphatic heterocycles. The van der Waals surface area contributed by atoms with E-state index in [-0.39, 0.29) is 12.1 Å². The smallest absolute Gasteiger partial charge is 0.298 e. The van der Waals surface area contributed by atoms with Gasteiger partial charge in [0.15, 0.2) is 5.58 Å². The fourth-order valence-corrected chi connectivity index (χ4v) is 3.95. The molecule has 3 heterocycles. The van der Waals surface area contributed by atoms with E-state index in [1.54, 1.807) is 0 Å². The number of aromatic nitrogens is 1. The summed E-state index contributed by atoms with van der Waals surface area (Å²) in [4.78, 5) is 23.9.